The first-order valence-corrected chi connectivity index (χ1v) is 10.3. The zero-order valence-electron chi connectivity index (χ0n) is 17.1. The van der Waals surface area contributed by atoms with E-state index in [1.807, 2.05) is 35.7 Å². The van der Waals surface area contributed by atoms with Gasteiger partial charge in [0.25, 0.3) is 0 Å². The molecule has 0 atom stereocenters. The van der Waals surface area contributed by atoms with Crippen molar-refractivity contribution in [1.82, 2.24) is 30.5 Å². The number of guanidine groups is 1. The highest BCUT2D eigenvalue weighted by Crippen LogP contribution is 2.25. The second-order valence-corrected chi connectivity index (χ2v) is 7.23. The quantitative estimate of drug-likeness (QED) is 0.218. The Labute approximate surface area is 189 Å². The molecule has 8 nitrogen and oxygen atoms in total. The summed E-state index contributed by atoms with van der Waals surface area (Å²) < 4.78 is 1.93. The Kier molecular flexibility index (Phi) is 10.2. The Balaban J connectivity index is 0.00000300. The number of nitrogens with one attached hydrogen (secondary N) is 3. The lowest BCUT2D eigenvalue weighted by Gasteiger charge is -2.20. The van der Waals surface area contributed by atoms with Crippen molar-refractivity contribution in [2.24, 2.45) is 10.9 Å². The minimum Gasteiger partial charge on any atom is -0.357 e. The Morgan fingerprint density at radius 1 is 1.14 bits per heavy atom. The van der Waals surface area contributed by atoms with E-state index in [1.54, 1.807) is 0 Å². The van der Waals surface area contributed by atoms with E-state index >= 15 is 0 Å². The van der Waals surface area contributed by atoms with Crippen LogP contribution in [0, 0.1) is 5.92 Å². The second-order valence-electron chi connectivity index (χ2n) is 7.23. The number of rotatable bonds is 8. The van der Waals surface area contributed by atoms with Crippen molar-refractivity contribution in [3.8, 4) is 0 Å². The SMILES string of the molecule is CCNC(=NCc1nnc2ccccn12)NCCNC(=O)CC1CCCCC1.I. The molecular weight excluding hydrogens is 481 g/mol. The Morgan fingerprint density at radius 3 is 2.72 bits per heavy atom. The number of carbonyl (C=O) groups is 1. The summed E-state index contributed by atoms with van der Waals surface area (Å²) in [6.45, 7) is 4.43. The van der Waals surface area contributed by atoms with Gasteiger partial charge in [-0.15, -0.1) is 34.2 Å². The van der Waals surface area contributed by atoms with Gasteiger partial charge in [0.15, 0.2) is 17.4 Å². The smallest absolute Gasteiger partial charge is 0.220 e. The number of amides is 1. The van der Waals surface area contributed by atoms with E-state index in [1.165, 1.54) is 32.1 Å². The molecule has 3 rings (SSSR count). The van der Waals surface area contributed by atoms with Gasteiger partial charge >= 0.3 is 0 Å². The van der Waals surface area contributed by atoms with Gasteiger partial charge in [0.2, 0.25) is 5.91 Å². The molecule has 1 fully saturated rings. The molecule has 0 bridgehead atoms. The van der Waals surface area contributed by atoms with Crippen molar-refractivity contribution in [1.29, 1.82) is 0 Å². The minimum absolute atomic E-state index is 0. The maximum absolute atomic E-state index is 12.1. The highest BCUT2D eigenvalue weighted by atomic mass is 127. The molecule has 0 saturated heterocycles. The fourth-order valence-corrected chi connectivity index (χ4v) is 3.60. The molecule has 2 aromatic rings. The summed E-state index contributed by atoms with van der Waals surface area (Å²) in [5.41, 5.74) is 0.811. The molecule has 1 saturated carbocycles. The molecule has 160 valence electrons. The molecule has 2 heterocycles. The number of fused-ring (bicyclic) bond motifs is 1. The Hall–Kier alpha value is -1.91. The molecule has 0 aromatic carbocycles. The molecule has 29 heavy (non-hydrogen) atoms. The number of aliphatic imine (C=N–C) groups is 1. The van der Waals surface area contributed by atoms with Gasteiger partial charge in [0.1, 0.15) is 6.54 Å². The summed E-state index contributed by atoms with van der Waals surface area (Å²) in [5.74, 6) is 2.22. The molecule has 1 aliphatic rings. The lowest BCUT2D eigenvalue weighted by atomic mass is 9.87. The third-order valence-electron chi connectivity index (χ3n) is 5.05. The van der Waals surface area contributed by atoms with Gasteiger partial charge in [-0.2, -0.15) is 0 Å². The van der Waals surface area contributed by atoms with Crippen molar-refractivity contribution in [3.05, 3.63) is 30.2 Å². The van der Waals surface area contributed by atoms with Crippen LogP contribution in [0.4, 0.5) is 0 Å². The number of nitrogens with zero attached hydrogens (tertiary/aromatic N) is 4. The van der Waals surface area contributed by atoms with E-state index in [2.05, 4.69) is 31.1 Å². The third-order valence-corrected chi connectivity index (χ3v) is 5.05. The topological polar surface area (TPSA) is 95.7 Å². The molecule has 9 heteroatoms. The van der Waals surface area contributed by atoms with Crippen molar-refractivity contribution < 1.29 is 4.79 Å². The van der Waals surface area contributed by atoms with E-state index in [4.69, 9.17) is 0 Å². The van der Waals surface area contributed by atoms with E-state index in [-0.39, 0.29) is 29.9 Å². The first-order valence-electron chi connectivity index (χ1n) is 10.3. The summed E-state index contributed by atoms with van der Waals surface area (Å²) in [6, 6.07) is 5.80. The van der Waals surface area contributed by atoms with Crippen LogP contribution in [0.1, 0.15) is 51.3 Å². The number of carbonyl (C=O) groups excluding carboxylic acids is 1. The lowest BCUT2D eigenvalue weighted by molar-refractivity contribution is -0.122. The van der Waals surface area contributed by atoms with Crippen LogP contribution in [0.5, 0.6) is 0 Å². The van der Waals surface area contributed by atoms with Gasteiger partial charge in [-0.25, -0.2) is 4.99 Å². The summed E-state index contributed by atoms with van der Waals surface area (Å²) in [6.07, 6.45) is 8.84. The molecule has 3 N–H and O–H groups in total. The number of hydrogen-bond acceptors (Lipinski definition) is 4. The molecule has 1 aliphatic carbocycles. The van der Waals surface area contributed by atoms with Gasteiger partial charge in [-0.3, -0.25) is 9.20 Å². The molecule has 0 aliphatic heterocycles. The monoisotopic (exact) mass is 513 g/mol. The Bertz CT molecular complexity index is 786. The zero-order chi connectivity index (χ0) is 19.6. The van der Waals surface area contributed by atoms with Crippen LogP contribution in [-0.4, -0.2) is 46.1 Å². The van der Waals surface area contributed by atoms with Crippen LogP contribution < -0.4 is 16.0 Å². The van der Waals surface area contributed by atoms with Gasteiger partial charge in [0.05, 0.1) is 0 Å². The van der Waals surface area contributed by atoms with Crippen LogP contribution in [0.25, 0.3) is 5.65 Å². The summed E-state index contributed by atoms with van der Waals surface area (Å²) in [5, 5.41) is 17.8. The standard InChI is InChI=1S/C20H31N7O.HI/c1-2-21-20(24-15-18-26-25-17-10-6-7-13-27(17)18)23-12-11-22-19(28)14-16-8-4-3-5-9-16;/h6-7,10,13,16H,2-5,8-9,11-12,14-15H2,1H3,(H,22,28)(H2,21,23,24);1H. The third kappa shape index (κ3) is 7.45. The van der Waals surface area contributed by atoms with Crippen molar-refractivity contribution in [3.63, 3.8) is 0 Å². The summed E-state index contributed by atoms with van der Waals surface area (Å²) >= 11 is 0. The first-order chi connectivity index (χ1) is 13.8. The van der Waals surface area contributed by atoms with Gasteiger partial charge in [-0.1, -0.05) is 25.3 Å². The maximum Gasteiger partial charge on any atom is 0.220 e. The number of pyridine rings is 1. The molecule has 0 unspecified atom stereocenters. The number of hydrogen-bond donors (Lipinski definition) is 3. The predicted molar refractivity (Wildman–Crippen MR) is 125 cm³/mol. The highest BCUT2D eigenvalue weighted by molar-refractivity contribution is 14.0. The summed E-state index contributed by atoms with van der Waals surface area (Å²) in [7, 11) is 0. The van der Waals surface area contributed by atoms with Crippen LogP contribution in [0.2, 0.25) is 0 Å². The maximum atomic E-state index is 12.1. The van der Waals surface area contributed by atoms with E-state index in [9.17, 15) is 4.79 Å². The number of halogens is 1. The normalized spacial score (nSPS) is 15.0. The molecule has 0 radical (unpaired) electrons. The minimum atomic E-state index is 0. The fourth-order valence-electron chi connectivity index (χ4n) is 3.60. The predicted octanol–water partition coefficient (Wildman–Crippen LogP) is 2.49. The van der Waals surface area contributed by atoms with E-state index < -0.39 is 0 Å². The molecular formula is C20H32IN7O. The van der Waals surface area contributed by atoms with Crippen LogP contribution in [-0.2, 0) is 11.3 Å². The zero-order valence-corrected chi connectivity index (χ0v) is 19.4. The Morgan fingerprint density at radius 2 is 1.93 bits per heavy atom. The second kappa shape index (κ2) is 12.6. The van der Waals surface area contributed by atoms with E-state index in [0.29, 0.717) is 37.9 Å². The molecule has 0 spiro atoms. The van der Waals surface area contributed by atoms with Gasteiger partial charge in [0, 0.05) is 32.3 Å². The van der Waals surface area contributed by atoms with Crippen molar-refractivity contribution >= 4 is 41.5 Å². The lowest BCUT2D eigenvalue weighted by Crippen LogP contribution is -2.41. The first kappa shape index (κ1) is 23.4. The van der Waals surface area contributed by atoms with Crippen molar-refractivity contribution in [2.75, 3.05) is 19.6 Å². The molecule has 2 aromatic heterocycles. The largest absolute Gasteiger partial charge is 0.357 e. The summed E-state index contributed by atoms with van der Waals surface area (Å²) in [4.78, 5) is 16.7. The average molecular weight is 513 g/mol. The van der Waals surface area contributed by atoms with E-state index in [0.717, 1.165) is 18.0 Å². The number of aromatic nitrogens is 3. The van der Waals surface area contributed by atoms with Gasteiger partial charge < -0.3 is 16.0 Å². The highest BCUT2D eigenvalue weighted by Gasteiger charge is 2.16. The average Bonchev–Trinajstić information content (AvgIpc) is 3.13. The van der Waals surface area contributed by atoms with Gasteiger partial charge in [-0.05, 0) is 37.8 Å². The van der Waals surface area contributed by atoms with Crippen LogP contribution in [0.3, 0.4) is 0 Å². The van der Waals surface area contributed by atoms with Crippen LogP contribution >= 0.6 is 24.0 Å². The molecule has 1 amide bonds. The van der Waals surface area contributed by atoms with Crippen molar-refractivity contribution in [2.45, 2.75) is 52.0 Å². The fraction of sp³-hybridized carbons (Fsp3) is 0.600. The van der Waals surface area contributed by atoms with Crippen LogP contribution in [0.15, 0.2) is 29.4 Å².